The molecular weight excluding hydrogens is 222 g/mol. The lowest BCUT2D eigenvalue weighted by Crippen LogP contribution is -2.16. The smallest absolute Gasteiger partial charge is 0.337 e. The van der Waals surface area contributed by atoms with Gasteiger partial charge in [0.2, 0.25) is 0 Å². The van der Waals surface area contributed by atoms with E-state index in [4.69, 9.17) is 10.8 Å². The van der Waals surface area contributed by atoms with Crippen molar-refractivity contribution in [2.45, 2.75) is 12.3 Å². The fourth-order valence-electron chi connectivity index (χ4n) is 1.59. The predicted octanol–water partition coefficient (Wildman–Crippen LogP) is 0.990. The lowest BCUT2D eigenvalue weighted by molar-refractivity contribution is -0.137. The molecule has 0 saturated heterocycles. The maximum absolute atomic E-state index is 11.3. The highest BCUT2D eigenvalue weighted by Crippen LogP contribution is 2.20. The van der Waals surface area contributed by atoms with Crippen LogP contribution in [0.2, 0.25) is 0 Å². The molecule has 0 spiro atoms. The summed E-state index contributed by atoms with van der Waals surface area (Å²) in [5.41, 5.74) is 6.66. The average molecular weight is 237 g/mol. The van der Waals surface area contributed by atoms with Gasteiger partial charge in [0.05, 0.1) is 19.1 Å². The number of aliphatic carboxylic acids is 1. The van der Waals surface area contributed by atoms with Crippen LogP contribution in [0.3, 0.4) is 0 Å². The zero-order valence-corrected chi connectivity index (χ0v) is 9.55. The molecule has 0 fully saturated rings. The zero-order valence-electron chi connectivity index (χ0n) is 9.55. The highest BCUT2D eigenvalue weighted by Gasteiger charge is 2.15. The number of methoxy groups -OCH3 is 1. The molecule has 0 aliphatic heterocycles. The minimum absolute atomic E-state index is 0.0544. The van der Waals surface area contributed by atoms with Gasteiger partial charge < -0.3 is 15.6 Å². The van der Waals surface area contributed by atoms with Gasteiger partial charge in [0.25, 0.3) is 0 Å². The van der Waals surface area contributed by atoms with Crippen LogP contribution in [-0.2, 0) is 9.53 Å². The van der Waals surface area contributed by atoms with Gasteiger partial charge in [-0.05, 0) is 24.2 Å². The van der Waals surface area contributed by atoms with E-state index in [0.29, 0.717) is 5.56 Å². The Kier molecular flexibility index (Phi) is 4.66. The second-order valence-corrected chi connectivity index (χ2v) is 3.65. The molecule has 0 saturated carbocycles. The highest BCUT2D eigenvalue weighted by atomic mass is 16.5. The van der Waals surface area contributed by atoms with Gasteiger partial charge in [-0.3, -0.25) is 4.79 Å². The average Bonchev–Trinajstić information content (AvgIpc) is 2.34. The molecule has 5 nitrogen and oxygen atoms in total. The molecular formula is C12H15NO4. The van der Waals surface area contributed by atoms with Crippen molar-refractivity contribution in [1.82, 2.24) is 0 Å². The van der Waals surface area contributed by atoms with Gasteiger partial charge >= 0.3 is 11.9 Å². The van der Waals surface area contributed by atoms with Crippen LogP contribution in [0.15, 0.2) is 24.3 Å². The first-order chi connectivity index (χ1) is 8.08. The zero-order chi connectivity index (χ0) is 12.8. The number of nitrogens with two attached hydrogens (primary N) is 1. The molecule has 0 aromatic heterocycles. The van der Waals surface area contributed by atoms with Crippen LogP contribution in [0.25, 0.3) is 0 Å². The predicted molar refractivity (Wildman–Crippen MR) is 61.8 cm³/mol. The molecule has 0 radical (unpaired) electrons. The maximum Gasteiger partial charge on any atom is 0.337 e. The number of carbonyl (C=O) groups excluding carboxylic acids is 1. The summed E-state index contributed by atoms with van der Waals surface area (Å²) in [7, 11) is 1.30. The number of benzene rings is 1. The Balaban J connectivity index is 2.96. The molecule has 1 aromatic rings. The van der Waals surface area contributed by atoms with Crippen LogP contribution in [-0.4, -0.2) is 30.7 Å². The second-order valence-electron chi connectivity index (χ2n) is 3.65. The molecule has 0 aliphatic rings. The summed E-state index contributed by atoms with van der Waals surface area (Å²) in [6.07, 6.45) is -0.0544. The number of ether oxygens (including phenoxy) is 1. The minimum Gasteiger partial charge on any atom is -0.481 e. The molecule has 1 rings (SSSR count). The van der Waals surface area contributed by atoms with E-state index in [1.807, 2.05) is 0 Å². The van der Waals surface area contributed by atoms with Gasteiger partial charge in [0, 0.05) is 5.92 Å². The molecule has 0 aliphatic carbocycles. The summed E-state index contributed by atoms with van der Waals surface area (Å²) in [6, 6.07) is 6.68. The summed E-state index contributed by atoms with van der Waals surface area (Å²) in [5.74, 6) is -1.65. The van der Waals surface area contributed by atoms with E-state index in [9.17, 15) is 9.59 Å². The lowest BCUT2D eigenvalue weighted by Gasteiger charge is -2.13. The normalized spacial score (nSPS) is 11.9. The van der Waals surface area contributed by atoms with Crippen molar-refractivity contribution in [3.05, 3.63) is 35.4 Å². The summed E-state index contributed by atoms with van der Waals surface area (Å²) < 4.78 is 4.60. The Morgan fingerprint density at radius 3 is 2.71 bits per heavy atom. The number of carboxylic acids is 1. The van der Waals surface area contributed by atoms with Gasteiger partial charge in [0.1, 0.15) is 0 Å². The van der Waals surface area contributed by atoms with Crippen molar-refractivity contribution < 1.29 is 19.4 Å². The van der Waals surface area contributed by atoms with Gasteiger partial charge in [0.15, 0.2) is 0 Å². The number of hydrogen-bond donors (Lipinski definition) is 2. The number of rotatable bonds is 5. The number of hydrogen-bond acceptors (Lipinski definition) is 4. The van der Waals surface area contributed by atoms with Crippen LogP contribution < -0.4 is 5.73 Å². The van der Waals surface area contributed by atoms with E-state index in [1.165, 1.54) is 7.11 Å². The largest absolute Gasteiger partial charge is 0.481 e. The fraction of sp³-hybridized carbons (Fsp3) is 0.333. The fourth-order valence-corrected chi connectivity index (χ4v) is 1.59. The van der Waals surface area contributed by atoms with E-state index >= 15 is 0 Å². The lowest BCUT2D eigenvalue weighted by atomic mass is 9.94. The molecule has 1 unspecified atom stereocenters. The standard InChI is InChI=1S/C12H15NO4/c1-17-12(16)9-4-2-3-8(5-9)10(7-13)6-11(14)15/h2-5,10H,6-7,13H2,1H3,(H,14,15). The first-order valence-corrected chi connectivity index (χ1v) is 5.18. The maximum atomic E-state index is 11.3. The molecule has 1 atom stereocenters. The molecule has 5 heteroatoms. The number of esters is 1. The summed E-state index contributed by atoms with van der Waals surface area (Å²) in [4.78, 5) is 22.0. The molecule has 3 N–H and O–H groups in total. The van der Waals surface area contributed by atoms with E-state index in [2.05, 4.69) is 4.74 Å². The van der Waals surface area contributed by atoms with Crippen LogP contribution >= 0.6 is 0 Å². The Bertz CT molecular complexity index is 417. The van der Waals surface area contributed by atoms with Gasteiger partial charge in [-0.25, -0.2) is 4.79 Å². The quantitative estimate of drug-likeness (QED) is 0.745. The van der Waals surface area contributed by atoms with Crippen molar-refractivity contribution in [3.63, 3.8) is 0 Å². The summed E-state index contributed by atoms with van der Waals surface area (Å²) in [6.45, 7) is 0.219. The summed E-state index contributed by atoms with van der Waals surface area (Å²) in [5, 5.41) is 8.75. The molecule has 92 valence electrons. The third-order valence-electron chi connectivity index (χ3n) is 2.48. The second kappa shape index (κ2) is 6.00. The first kappa shape index (κ1) is 13.2. The molecule has 1 aromatic carbocycles. The highest BCUT2D eigenvalue weighted by molar-refractivity contribution is 5.89. The van der Waals surface area contributed by atoms with Crippen molar-refractivity contribution in [2.75, 3.05) is 13.7 Å². The Hall–Kier alpha value is -1.88. The van der Waals surface area contributed by atoms with Crippen LogP contribution in [0.5, 0.6) is 0 Å². The first-order valence-electron chi connectivity index (χ1n) is 5.18. The molecule has 0 amide bonds. The van der Waals surface area contributed by atoms with Crippen LogP contribution in [0, 0.1) is 0 Å². The van der Waals surface area contributed by atoms with Crippen LogP contribution in [0.4, 0.5) is 0 Å². The van der Waals surface area contributed by atoms with E-state index in [0.717, 1.165) is 5.56 Å². The number of carboxylic acid groups (broad SMARTS) is 1. The van der Waals surface area contributed by atoms with E-state index in [1.54, 1.807) is 24.3 Å². The van der Waals surface area contributed by atoms with Crippen molar-refractivity contribution >= 4 is 11.9 Å². The Morgan fingerprint density at radius 1 is 1.47 bits per heavy atom. The van der Waals surface area contributed by atoms with Crippen molar-refractivity contribution in [3.8, 4) is 0 Å². The molecule has 0 bridgehead atoms. The van der Waals surface area contributed by atoms with Gasteiger partial charge in [-0.1, -0.05) is 12.1 Å². The summed E-state index contributed by atoms with van der Waals surface area (Å²) >= 11 is 0. The molecule has 0 heterocycles. The Morgan fingerprint density at radius 2 is 2.18 bits per heavy atom. The minimum atomic E-state index is -0.913. The van der Waals surface area contributed by atoms with Gasteiger partial charge in [-0.2, -0.15) is 0 Å². The van der Waals surface area contributed by atoms with E-state index in [-0.39, 0.29) is 18.9 Å². The van der Waals surface area contributed by atoms with Crippen molar-refractivity contribution in [2.24, 2.45) is 5.73 Å². The van der Waals surface area contributed by atoms with Crippen LogP contribution in [0.1, 0.15) is 28.3 Å². The van der Waals surface area contributed by atoms with Crippen molar-refractivity contribution in [1.29, 1.82) is 0 Å². The van der Waals surface area contributed by atoms with Gasteiger partial charge in [-0.15, -0.1) is 0 Å². The van der Waals surface area contributed by atoms with E-state index < -0.39 is 11.9 Å². The Labute approximate surface area is 99.2 Å². The SMILES string of the molecule is COC(=O)c1cccc(C(CN)CC(=O)O)c1. The molecule has 17 heavy (non-hydrogen) atoms. The number of carbonyl (C=O) groups is 2. The monoisotopic (exact) mass is 237 g/mol. The topological polar surface area (TPSA) is 89.6 Å². The third kappa shape index (κ3) is 3.57. The third-order valence-corrected chi connectivity index (χ3v) is 2.48.